The maximum Gasteiger partial charge on any atom is 0.141 e. The normalized spacial score (nSPS) is 23.2. The van der Waals surface area contributed by atoms with Gasteiger partial charge in [-0.15, -0.1) is 0 Å². The van der Waals surface area contributed by atoms with E-state index in [1.165, 1.54) is 6.07 Å². The van der Waals surface area contributed by atoms with Crippen LogP contribution in [0.5, 0.6) is 0 Å². The van der Waals surface area contributed by atoms with Gasteiger partial charge in [0.1, 0.15) is 5.82 Å². The molecule has 22 heavy (non-hydrogen) atoms. The highest BCUT2D eigenvalue weighted by molar-refractivity contribution is 6.30. The molecule has 3 nitrogen and oxygen atoms in total. The lowest BCUT2D eigenvalue weighted by Crippen LogP contribution is -2.48. The molecule has 1 heterocycles. The molecule has 1 aliphatic heterocycles. The van der Waals surface area contributed by atoms with E-state index in [4.69, 9.17) is 16.7 Å². The summed E-state index contributed by atoms with van der Waals surface area (Å²) in [6, 6.07) is 5.53. The SMILES string of the molecule is CN(C)[C@H]1CCN(Cc2ccc(F)c(Cl)c2)C[C@H]1CCCO. The van der Waals surface area contributed by atoms with Crippen LogP contribution in [0.1, 0.15) is 24.8 Å². The van der Waals surface area contributed by atoms with Gasteiger partial charge < -0.3 is 10.0 Å². The molecule has 1 aromatic carbocycles. The average molecular weight is 329 g/mol. The summed E-state index contributed by atoms with van der Waals surface area (Å²) in [5.41, 5.74) is 1.05. The van der Waals surface area contributed by atoms with Crippen LogP contribution in [-0.4, -0.2) is 54.7 Å². The number of likely N-dealkylation sites (tertiary alicyclic amines) is 1. The average Bonchev–Trinajstić information content (AvgIpc) is 2.49. The summed E-state index contributed by atoms with van der Waals surface area (Å²) in [5.74, 6) is 0.198. The Bertz CT molecular complexity index is 484. The molecule has 0 aliphatic carbocycles. The number of aliphatic hydroxyl groups is 1. The van der Waals surface area contributed by atoms with E-state index >= 15 is 0 Å². The fraction of sp³-hybridized carbons (Fsp3) is 0.647. The molecule has 0 saturated carbocycles. The maximum absolute atomic E-state index is 13.2. The Hall–Kier alpha value is -0.680. The molecule has 2 atom stereocenters. The van der Waals surface area contributed by atoms with Gasteiger partial charge in [-0.1, -0.05) is 17.7 Å². The van der Waals surface area contributed by atoms with E-state index in [-0.39, 0.29) is 17.4 Å². The Morgan fingerprint density at radius 1 is 1.41 bits per heavy atom. The summed E-state index contributed by atoms with van der Waals surface area (Å²) >= 11 is 5.87. The van der Waals surface area contributed by atoms with Crippen molar-refractivity contribution in [2.75, 3.05) is 33.8 Å². The van der Waals surface area contributed by atoms with Gasteiger partial charge in [-0.05, 0) is 63.5 Å². The van der Waals surface area contributed by atoms with Gasteiger partial charge in [0.15, 0.2) is 0 Å². The predicted octanol–water partition coefficient (Wildman–Crippen LogP) is 3.00. The lowest BCUT2D eigenvalue weighted by molar-refractivity contribution is 0.0717. The molecule has 0 bridgehead atoms. The minimum atomic E-state index is -0.363. The Labute approximate surface area is 137 Å². The van der Waals surface area contributed by atoms with Crippen molar-refractivity contribution in [1.82, 2.24) is 9.80 Å². The van der Waals surface area contributed by atoms with Crippen LogP contribution >= 0.6 is 11.6 Å². The molecule has 1 aromatic rings. The van der Waals surface area contributed by atoms with Crippen molar-refractivity contribution in [2.24, 2.45) is 5.92 Å². The van der Waals surface area contributed by atoms with Gasteiger partial charge in [0, 0.05) is 25.7 Å². The molecule has 124 valence electrons. The highest BCUT2D eigenvalue weighted by Gasteiger charge is 2.30. The van der Waals surface area contributed by atoms with Crippen LogP contribution in [0.15, 0.2) is 18.2 Å². The van der Waals surface area contributed by atoms with Gasteiger partial charge in [-0.2, -0.15) is 0 Å². The number of halogens is 2. The van der Waals surface area contributed by atoms with E-state index in [0.717, 1.165) is 44.5 Å². The first kappa shape index (κ1) is 17.7. The first-order valence-corrected chi connectivity index (χ1v) is 8.32. The summed E-state index contributed by atoms with van der Waals surface area (Å²) in [6.45, 7) is 3.10. The van der Waals surface area contributed by atoms with E-state index in [0.29, 0.717) is 12.0 Å². The zero-order valence-corrected chi connectivity index (χ0v) is 14.2. The predicted molar refractivity (Wildman–Crippen MR) is 88.6 cm³/mol. The molecule has 5 heteroatoms. The maximum atomic E-state index is 13.2. The van der Waals surface area contributed by atoms with Crippen molar-refractivity contribution in [2.45, 2.75) is 31.8 Å². The first-order chi connectivity index (χ1) is 10.5. The molecule has 1 saturated heterocycles. The number of benzene rings is 1. The van der Waals surface area contributed by atoms with E-state index in [1.54, 1.807) is 6.07 Å². The molecule has 0 spiro atoms. The molecule has 0 amide bonds. The summed E-state index contributed by atoms with van der Waals surface area (Å²) < 4.78 is 13.2. The van der Waals surface area contributed by atoms with Gasteiger partial charge in [0.2, 0.25) is 0 Å². The van der Waals surface area contributed by atoms with Crippen LogP contribution in [0.2, 0.25) is 5.02 Å². The second-order valence-corrected chi connectivity index (χ2v) is 6.84. The zero-order chi connectivity index (χ0) is 16.1. The highest BCUT2D eigenvalue weighted by Crippen LogP contribution is 2.26. The molecule has 1 N–H and O–H groups in total. The topological polar surface area (TPSA) is 26.7 Å². The van der Waals surface area contributed by atoms with Gasteiger partial charge in [0.25, 0.3) is 0 Å². The minimum absolute atomic E-state index is 0.192. The lowest BCUT2D eigenvalue weighted by atomic mass is 9.87. The number of hydrogen-bond donors (Lipinski definition) is 1. The van der Waals surface area contributed by atoms with Crippen molar-refractivity contribution in [3.8, 4) is 0 Å². The third kappa shape index (κ3) is 4.66. The molecule has 1 aliphatic rings. The molecule has 2 rings (SSSR count). The zero-order valence-electron chi connectivity index (χ0n) is 13.4. The molecular formula is C17H26ClFN2O. The van der Waals surface area contributed by atoms with E-state index in [9.17, 15) is 4.39 Å². The molecular weight excluding hydrogens is 303 g/mol. The Balaban J connectivity index is 1.99. The largest absolute Gasteiger partial charge is 0.396 e. The highest BCUT2D eigenvalue weighted by atomic mass is 35.5. The van der Waals surface area contributed by atoms with E-state index < -0.39 is 0 Å². The van der Waals surface area contributed by atoms with Crippen LogP contribution in [0, 0.1) is 11.7 Å². The van der Waals surface area contributed by atoms with Gasteiger partial charge >= 0.3 is 0 Å². The van der Waals surface area contributed by atoms with Gasteiger partial charge in [-0.3, -0.25) is 4.90 Å². The number of piperidine rings is 1. The molecule has 1 fully saturated rings. The summed E-state index contributed by atoms with van der Waals surface area (Å²) in [5, 5.41) is 9.29. The van der Waals surface area contributed by atoms with E-state index in [2.05, 4.69) is 23.9 Å². The van der Waals surface area contributed by atoms with Crippen molar-refractivity contribution >= 4 is 11.6 Å². The van der Waals surface area contributed by atoms with Crippen LogP contribution in [-0.2, 0) is 6.54 Å². The van der Waals surface area contributed by atoms with Gasteiger partial charge in [-0.25, -0.2) is 4.39 Å². The molecule has 0 unspecified atom stereocenters. The Morgan fingerprint density at radius 2 is 2.18 bits per heavy atom. The van der Waals surface area contributed by atoms with Crippen molar-refractivity contribution < 1.29 is 9.50 Å². The monoisotopic (exact) mass is 328 g/mol. The van der Waals surface area contributed by atoms with Crippen LogP contribution in [0.4, 0.5) is 4.39 Å². The quantitative estimate of drug-likeness (QED) is 0.869. The second-order valence-electron chi connectivity index (χ2n) is 6.43. The van der Waals surface area contributed by atoms with Crippen molar-refractivity contribution in [3.63, 3.8) is 0 Å². The Morgan fingerprint density at radius 3 is 2.82 bits per heavy atom. The van der Waals surface area contributed by atoms with Crippen LogP contribution < -0.4 is 0 Å². The number of rotatable bonds is 6. The third-order valence-electron chi connectivity index (χ3n) is 4.56. The number of nitrogens with zero attached hydrogens (tertiary/aromatic N) is 2. The summed E-state index contributed by atoms with van der Waals surface area (Å²) in [4.78, 5) is 4.71. The van der Waals surface area contributed by atoms with Crippen molar-refractivity contribution in [3.05, 3.63) is 34.6 Å². The third-order valence-corrected chi connectivity index (χ3v) is 4.85. The second kappa shape index (κ2) is 8.25. The standard InChI is InChI=1S/C17H26ClFN2O/c1-20(2)17-7-8-21(12-14(17)4-3-9-22)11-13-5-6-16(19)15(18)10-13/h5-6,10,14,17,22H,3-4,7-9,11-12H2,1-2H3/t14-,17+/m1/s1. The van der Waals surface area contributed by atoms with Crippen molar-refractivity contribution in [1.29, 1.82) is 0 Å². The summed E-state index contributed by atoms with van der Waals surface area (Å²) in [6.07, 6.45) is 3.02. The smallest absolute Gasteiger partial charge is 0.141 e. The fourth-order valence-corrected chi connectivity index (χ4v) is 3.66. The van der Waals surface area contributed by atoms with Crippen LogP contribution in [0.25, 0.3) is 0 Å². The summed E-state index contributed by atoms with van der Waals surface area (Å²) in [7, 11) is 4.26. The van der Waals surface area contributed by atoms with E-state index in [1.807, 2.05) is 6.07 Å². The number of aliphatic hydroxyl groups excluding tert-OH is 1. The van der Waals surface area contributed by atoms with Gasteiger partial charge in [0.05, 0.1) is 5.02 Å². The number of hydrogen-bond acceptors (Lipinski definition) is 3. The molecule has 0 aromatic heterocycles. The Kier molecular flexibility index (Phi) is 6.63. The fourth-order valence-electron chi connectivity index (χ4n) is 3.45. The molecule has 0 radical (unpaired) electrons. The minimum Gasteiger partial charge on any atom is -0.396 e. The van der Waals surface area contributed by atoms with Crippen LogP contribution in [0.3, 0.4) is 0 Å². The lowest BCUT2D eigenvalue weighted by Gasteiger charge is -2.41. The first-order valence-electron chi connectivity index (χ1n) is 7.95.